The molecule has 1 aliphatic rings. The van der Waals surface area contributed by atoms with Crippen LogP contribution in [0.3, 0.4) is 0 Å². The van der Waals surface area contributed by atoms with Gasteiger partial charge < -0.3 is 9.26 Å². The number of hydrogen-bond donors (Lipinski definition) is 0. The first-order valence-corrected chi connectivity index (χ1v) is 4.96. The fraction of sp³-hybridized carbons (Fsp3) is 0.182. The Morgan fingerprint density at radius 3 is 3.00 bits per heavy atom. The molecule has 0 saturated heterocycles. The smallest absolute Gasteiger partial charge is 0.338 e. The summed E-state index contributed by atoms with van der Waals surface area (Å²) in [5.74, 6) is 0.124. The number of hydrogen-bond acceptors (Lipinski definition) is 5. The van der Waals surface area contributed by atoms with E-state index in [2.05, 4.69) is 5.16 Å². The molecule has 1 aromatic heterocycles. The third kappa shape index (κ3) is 2.41. The lowest BCUT2D eigenvalue weighted by atomic mass is 10.2. The Kier molecular flexibility index (Phi) is 3.04. The van der Waals surface area contributed by atoms with Crippen LogP contribution >= 0.6 is 0 Å². The van der Waals surface area contributed by atoms with Gasteiger partial charge in [0.2, 0.25) is 5.76 Å². The predicted octanol–water partition coefficient (Wildman–Crippen LogP) is 2.37. The third-order valence-electron chi connectivity index (χ3n) is 2.20. The molecule has 0 spiro atoms. The Hall–Kier alpha value is -2.37. The minimum absolute atomic E-state index is 0.114. The summed E-state index contributed by atoms with van der Waals surface area (Å²) in [4.78, 5) is 10.3. The quantitative estimate of drug-likeness (QED) is 0.592. The van der Waals surface area contributed by atoms with Crippen LogP contribution in [0.1, 0.15) is 11.5 Å². The van der Waals surface area contributed by atoms with Gasteiger partial charge in [0, 0.05) is 0 Å². The van der Waals surface area contributed by atoms with Crippen molar-refractivity contribution in [1.29, 1.82) is 0 Å². The summed E-state index contributed by atoms with van der Waals surface area (Å²) in [6, 6.07) is 0. The maximum Gasteiger partial charge on any atom is 0.338 e. The lowest BCUT2D eigenvalue weighted by molar-refractivity contribution is -0.386. The average molecular weight is 234 g/mol. The first-order valence-electron chi connectivity index (χ1n) is 4.96. The van der Waals surface area contributed by atoms with E-state index in [1.165, 1.54) is 13.0 Å². The van der Waals surface area contributed by atoms with Gasteiger partial charge in [-0.2, -0.15) is 0 Å². The molecule has 1 aliphatic heterocycles. The van der Waals surface area contributed by atoms with Crippen molar-refractivity contribution in [2.75, 3.05) is 0 Å². The van der Waals surface area contributed by atoms with Crippen molar-refractivity contribution >= 4 is 11.8 Å². The second-order valence-corrected chi connectivity index (χ2v) is 3.41. The number of rotatable bonds is 3. The van der Waals surface area contributed by atoms with Crippen molar-refractivity contribution in [3.63, 3.8) is 0 Å². The van der Waals surface area contributed by atoms with Gasteiger partial charge >= 0.3 is 5.69 Å². The summed E-state index contributed by atoms with van der Waals surface area (Å²) in [6.07, 6.45) is 9.86. The lowest BCUT2D eigenvalue weighted by Gasteiger charge is -2.09. The van der Waals surface area contributed by atoms with Gasteiger partial charge in [-0.15, -0.1) is 0 Å². The predicted molar refractivity (Wildman–Crippen MR) is 60.1 cm³/mol. The van der Waals surface area contributed by atoms with E-state index in [0.717, 1.165) is 0 Å². The summed E-state index contributed by atoms with van der Waals surface area (Å²) in [5, 5.41) is 14.3. The van der Waals surface area contributed by atoms with Crippen LogP contribution in [0.4, 0.5) is 5.69 Å². The normalized spacial score (nSPS) is 18.5. The minimum Gasteiger partial charge on any atom is -0.490 e. The van der Waals surface area contributed by atoms with E-state index in [1.54, 1.807) is 18.4 Å². The first-order chi connectivity index (χ1) is 8.18. The van der Waals surface area contributed by atoms with Crippen molar-refractivity contribution in [2.24, 2.45) is 0 Å². The zero-order chi connectivity index (χ0) is 12.3. The Morgan fingerprint density at radius 1 is 1.53 bits per heavy atom. The Morgan fingerprint density at radius 2 is 2.35 bits per heavy atom. The molecule has 2 heterocycles. The van der Waals surface area contributed by atoms with Gasteiger partial charge in [-0.1, -0.05) is 11.2 Å². The summed E-state index contributed by atoms with van der Waals surface area (Å²) in [7, 11) is 0. The van der Waals surface area contributed by atoms with E-state index in [-0.39, 0.29) is 23.2 Å². The summed E-state index contributed by atoms with van der Waals surface area (Å²) < 4.78 is 10.1. The highest BCUT2D eigenvalue weighted by atomic mass is 16.6. The molecule has 6 heteroatoms. The standard InChI is InChI=1S/C11H10N2O4/c1-8-11(13(14)15)10(17-12-8)6-5-9-4-2-3-7-16-9/h2-7,9H,1H3/b6-5+. The highest BCUT2D eigenvalue weighted by molar-refractivity contribution is 5.57. The van der Waals surface area contributed by atoms with Gasteiger partial charge in [0.15, 0.2) is 5.69 Å². The Balaban J connectivity index is 2.18. The van der Waals surface area contributed by atoms with Crippen LogP contribution in [-0.4, -0.2) is 16.2 Å². The van der Waals surface area contributed by atoms with Gasteiger partial charge in [0.25, 0.3) is 0 Å². The van der Waals surface area contributed by atoms with Crippen LogP contribution in [0.5, 0.6) is 0 Å². The molecule has 0 N–H and O–H groups in total. The van der Waals surface area contributed by atoms with Gasteiger partial charge in [-0.25, -0.2) is 0 Å². The van der Waals surface area contributed by atoms with Crippen LogP contribution in [-0.2, 0) is 4.74 Å². The number of nitro groups is 1. The van der Waals surface area contributed by atoms with Crippen molar-refractivity contribution in [3.8, 4) is 0 Å². The number of allylic oxidation sites excluding steroid dienone is 2. The topological polar surface area (TPSA) is 78.4 Å². The van der Waals surface area contributed by atoms with Crippen LogP contribution in [0, 0.1) is 17.0 Å². The van der Waals surface area contributed by atoms with E-state index in [1.807, 2.05) is 12.2 Å². The zero-order valence-electron chi connectivity index (χ0n) is 9.07. The maximum atomic E-state index is 10.8. The molecular formula is C11H10N2O4. The summed E-state index contributed by atoms with van der Waals surface area (Å²) in [5.41, 5.74) is 0.145. The monoisotopic (exact) mass is 234 g/mol. The first kappa shape index (κ1) is 11.1. The van der Waals surface area contributed by atoms with Crippen molar-refractivity contribution in [2.45, 2.75) is 13.0 Å². The Bertz CT molecular complexity index is 514. The number of aromatic nitrogens is 1. The van der Waals surface area contributed by atoms with Gasteiger partial charge in [-0.05, 0) is 31.2 Å². The van der Waals surface area contributed by atoms with E-state index < -0.39 is 4.92 Å². The molecule has 0 bridgehead atoms. The molecule has 0 radical (unpaired) electrons. The number of aryl methyl sites for hydroxylation is 1. The van der Waals surface area contributed by atoms with Crippen molar-refractivity contribution < 1.29 is 14.2 Å². The molecule has 0 saturated carbocycles. The second-order valence-electron chi connectivity index (χ2n) is 3.41. The molecule has 6 nitrogen and oxygen atoms in total. The SMILES string of the molecule is Cc1noc(/C=C/C2C=CC=CO2)c1[N+](=O)[O-]. The Labute approximate surface area is 97.0 Å². The van der Waals surface area contributed by atoms with Crippen LogP contribution in [0.2, 0.25) is 0 Å². The van der Waals surface area contributed by atoms with Gasteiger partial charge in [0.05, 0.1) is 11.2 Å². The number of nitrogens with zero attached hydrogens (tertiary/aromatic N) is 2. The van der Waals surface area contributed by atoms with Crippen molar-refractivity contribution in [3.05, 3.63) is 52.1 Å². The highest BCUT2D eigenvalue weighted by Crippen LogP contribution is 2.24. The highest BCUT2D eigenvalue weighted by Gasteiger charge is 2.22. The fourth-order valence-corrected chi connectivity index (χ4v) is 1.41. The summed E-state index contributed by atoms with van der Waals surface area (Å²) >= 11 is 0. The maximum absolute atomic E-state index is 10.8. The van der Waals surface area contributed by atoms with E-state index in [4.69, 9.17) is 9.26 Å². The molecule has 1 unspecified atom stereocenters. The largest absolute Gasteiger partial charge is 0.490 e. The van der Waals surface area contributed by atoms with E-state index in [9.17, 15) is 10.1 Å². The third-order valence-corrected chi connectivity index (χ3v) is 2.20. The van der Waals surface area contributed by atoms with E-state index >= 15 is 0 Å². The summed E-state index contributed by atoms with van der Waals surface area (Å²) in [6.45, 7) is 1.53. The van der Waals surface area contributed by atoms with Crippen LogP contribution in [0.25, 0.3) is 6.08 Å². The zero-order valence-corrected chi connectivity index (χ0v) is 9.07. The molecule has 2 rings (SSSR count). The van der Waals surface area contributed by atoms with Crippen LogP contribution in [0.15, 0.2) is 35.1 Å². The van der Waals surface area contributed by atoms with Crippen LogP contribution < -0.4 is 0 Å². The molecule has 1 atom stereocenters. The lowest BCUT2D eigenvalue weighted by Crippen LogP contribution is -2.03. The van der Waals surface area contributed by atoms with Gasteiger partial charge in [-0.3, -0.25) is 10.1 Å². The molecule has 17 heavy (non-hydrogen) atoms. The molecule has 0 fully saturated rings. The van der Waals surface area contributed by atoms with E-state index in [0.29, 0.717) is 0 Å². The second kappa shape index (κ2) is 4.65. The minimum atomic E-state index is -0.511. The molecule has 0 amide bonds. The molecule has 1 aromatic rings. The van der Waals surface area contributed by atoms with Gasteiger partial charge in [0.1, 0.15) is 6.10 Å². The molecular weight excluding hydrogens is 224 g/mol. The number of ether oxygens (including phenoxy) is 1. The van der Waals surface area contributed by atoms with Crippen molar-refractivity contribution in [1.82, 2.24) is 5.16 Å². The fourth-order valence-electron chi connectivity index (χ4n) is 1.41. The molecule has 0 aliphatic carbocycles. The average Bonchev–Trinajstić information content (AvgIpc) is 2.69. The molecule has 0 aromatic carbocycles. The molecule has 88 valence electrons.